The standard InChI is InChI=1S/C25H26N2O3/c1-17(2)16-25(13-6-14-25)20-11-9-19(10-12-20)23-21(18-7-4-3-5-8-18)15-22(27(29)30)24(28)26-23/h3-5,7-12,15,17H,6,13-14,16H2,1-2H3,(H,26,28). The quantitative estimate of drug-likeness (QED) is 0.401. The Balaban J connectivity index is 1.80. The molecule has 1 N–H and O–H groups in total. The summed E-state index contributed by atoms with van der Waals surface area (Å²) in [6, 6.07) is 19.2. The number of rotatable bonds is 6. The number of pyridine rings is 1. The Morgan fingerprint density at radius 2 is 1.70 bits per heavy atom. The molecule has 154 valence electrons. The van der Waals surface area contributed by atoms with Crippen molar-refractivity contribution in [2.45, 2.75) is 44.9 Å². The fourth-order valence-electron chi connectivity index (χ4n) is 4.71. The van der Waals surface area contributed by atoms with E-state index < -0.39 is 16.2 Å². The van der Waals surface area contributed by atoms with Crippen molar-refractivity contribution in [3.8, 4) is 22.4 Å². The summed E-state index contributed by atoms with van der Waals surface area (Å²) in [7, 11) is 0. The Morgan fingerprint density at radius 1 is 1.03 bits per heavy atom. The van der Waals surface area contributed by atoms with Crippen molar-refractivity contribution >= 4 is 5.69 Å². The van der Waals surface area contributed by atoms with Crippen molar-refractivity contribution in [1.29, 1.82) is 0 Å². The highest BCUT2D eigenvalue weighted by atomic mass is 16.6. The molecule has 0 saturated heterocycles. The summed E-state index contributed by atoms with van der Waals surface area (Å²) in [6.07, 6.45) is 4.88. The van der Waals surface area contributed by atoms with E-state index in [4.69, 9.17) is 0 Å². The number of aromatic amines is 1. The maximum absolute atomic E-state index is 12.3. The number of nitrogens with one attached hydrogen (secondary N) is 1. The van der Waals surface area contributed by atoms with Crippen LogP contribution in [-0.2, 0) is 5.41 Å². The average molecular weight is 402 g/mol. The lowest BCUT2D eigenvalue weighted by atomic mass is 9.61. The van der Waals surface area contributed by atoms with Crippen molar-refractivity contribution in [1.82, 2.24) is 4.98 Å². The minimum absolute atomic E-state index is 0.262. The van der Waals surface area contributed by atoms with Crippen LogP contribution in [0.5, 0.6) is 0 Å². The number of H-pyrrole nitrogens is 1. The fraction of sp³-hybridized carbons (Fsp3) is 0.320. The molecule has 1 aliphatic rings. The van der Waals surface area contributed by atoms with E-state index in [2.05, 4.69) is 31.0 Å². The Morgan fingerprint density at radius 3 is 2.23 bits per heavy atom. The maximum Gasteiger partial charge on any atom is 0.334 e. The molecule has 1 aromatic heterocycles. The van der Waals surface area contributed by atoms with E-state index in [9.17, 15) is 14.9 Å². The van der Waals surface area contributed by atoms with Gasteiger partial charge in [-0.15, -0.1) is 0 Å². The smallest absolute Gasteiger partial charge is 0.315 e. The molecule has 0 spiro atoms. The Bertz CT molecular complexity index is 1110. The van der Waals surface area contributed by atoms with Crippen LogP contribution in [0.25, 0.3) is 22.4 Å². The zero-order valence-electron chi connectivity index (χ0n) is 17.4. The van der Waals surface area contributed by atoms with Crippen LogP contribution in [-0.4, -0.2) is 9.91 Å². The molecule has 5 nitrogen and oxygen atoms in total. The average Bonchev–Trinajstić information content (AvgIpc) is 2.71. The van der Waals surface area contributed by atoms with Gasteiger partial charge < -0.3 is 4.98 Å². The van der Waals surface area contributed by atoms with E-state index in [1.54, 1.807) is 0 Å². The second kappa shape index (κ2) is 7.90. The molecule has 0 bridgehead atoms. The van der Waals surface area contributed by atoms with Crippen LogP contribution in [0, 0.1) is 16.0 Å². The highest BCUT2D eigenvalue weighted by Gasteiger charge is 2.38. The molecule has 30 heavy (non-hydrogen) atoms. The number of hydrogen-bond acceptors (Lipinski definition) is 3. The van der Waals surface area contributed by atoms with E-state index >= 15 is 0 Å². The molecule has 0 amide bonds. The predicted molar refractivity (Wildman–Crippen MR) is 120 cm³/mol. The molecular weight excluding hydrogens is 376 g/mol. The van der Waals surface area contributed by atoms with Crippen LogP contribution in [0.2, 0.25) is 0 Å². The molecule has 0 atom stereocenters. The zero-order chi connectivity index (χ0) is 21.3. The molecule has 1 saturated carbocycles. The normalized spacial score (nSPS) is 15.0. The number of nitrogens with zero attached hydrogens (tertiary/aromatic N) is 1. The molecule has 3 aromatic rings. The molecular formula is C25H26N2O3. The topological polar surface area (TPSA) is 76.0 Å². The van der Waals surface area contributed by atoms with Gasteiger partial charge in [-0.05, 0) is 47.3 Å². The van der Waals surface area contributed by atoms with Gasteiger partial charge in [0.25, 0.3) is 0 Å². The van der Waals surface area contributed by atoms with Crippen molar-refractivity contribution < 1.29 is 4.92 Å². The van der Waals surface area contributed by atoms with E-state index in [1.807, 2.05) is 42.5 Å². The van der Waals surface area contributed by atoms with E-state index in [-0.39, 0.29) is 5.41 Å². The highest BCUT2D eigenvalue weighted by Crippen LogP contribution is 2.48. The summed E-state index contributed by atoms with van der Waals surface area (Å²) in [5.74, 6) is 0.640. The maximum atomic E-state index is 12.3. The lowest BCUT2D eigenvalue weighted by molar-refractivity contribution is -0.386. The molecule has 0 radical (unpaired) electrons. The minimum Gasteiger partial charge on any atom is -0.315 e. The molecule has 0 unspecified atom stereocenters. The second-order valence-corrected chi connectivity index (χ2v) is 8.70. The van der Waals surface area contributed by atoms with E-state index in [1.165, 1.54) is 37.3 Å². The first-order chi connectivity index (χ1) is 14.4. The van der Waals surface area contributed by atoms with Gasteiger partial charge in [-0.1, -0.05) is 74.9 Å². The fourth-order valence-corrected chi connectivity index (χ4v) is 4.71. The monoisotopic (exact) mass is 402 g/mol. The largest absolute Gasteiger partial charge is 0.334 e. The summed E-state index contributed by atoms with van der Waals surface area (Å²) in [6.45, 7) is 4.53. The van der Waals surface area contributed by atoms with Gasteiger partial charge in [0.05, 0.1) is 10.6 Å². The summed E-state index contributed by atoms with van der Waals surface area (Å²) in [5.41, 5.74) is 3.41. The van der Waals surface area contributed by atoms with Gasteiger partial charge in [0.15, 0.2) is 0 Å². The van der Waals surface area contributed by atoms with Crippen molar-refractivity contribution in [3.05, 3.63) is 86.7 Å². The summed E-state index contributed by atoms with van der Waals surface area (Å²) < 4.78 is 0. The lowest BCUT2D eigenvalue weighted by Gasteiger charge is -2.44. The molecule has 1 fully saturated rings. The first-order valence-electron chi connectivity index (χ1n) is 10.5. The molecule has 5 heteroatoms. The van der Waals surface area contributed by atoms with Gasteiger partial charge in [0, 0.05) is 11.6 Å². The van der Waals surface area contributed by atoms with Crippen LogP contribution in [0.15, 0.2) is 65.5 Å². The number of benzene rings is 2. The molecule has 1 aliphatic carbocycles. The van der Waals surface area contributed by atoms with Gasteiger partial charge in [0.2, 0.25) is 0 Å². The van der Waals surface area contributed by atoms with Crippen molar-refractivity contribution in [2.24, 2.45) is 5.92 Å². The second-order valence-electron chi connectivity index (χ2n) is 8.70. The van der Waals surface area contributed by atoms with Gasteiger partial charge in [0.1, 0.15) is 0 Å². The van der Waals surface area contributed by atoms with Crippen LogP contribution in [0.1, 0.15) is 45.1 Å². The Kier molecular flexibility index (Phi) is 5.29. The summed E-state index contributed by atoms with van der Waals surface area (Å²) in [5, 5.41) is 11.3. The Labute approximate surface area is 175 Å². The Hall–Kier alpha value is -3.21. The van der Waals surface area contributed by atoms with Gasteiger partial charge >= 0.3 is 11.2 Å². The van der Waals surface area contributed by atoms with Crippen LogP contribution in [0.4, 0.5) is 5.69 Å². The van der Waals surface area contributed by atoms with E-state index in [0.717, 1.165) is 11.1 Å². The molecule has 0 aliphatic heterocycles. The highest BCUT2D eigenvalue weighted by molar-refractivity contribution is 5.82. The van der Waals surface area contributed by atoms with Crippen LogP contribution >= 0.6 is 0 Å². The number of aromatic nitrogens is 1. The first-order valence-corrected chi connectivity index (χ1v) is 10.5. The predicted octanol–water partition coefficient (Wildman–Crippen LogP) is 6.08. The van der Waals surface area contributed by atoms with Crippen molar-refractivity contribution in [3.63, 3.8) is 0 Å². The third kappa shape index (κ3) is 3.67. The molecule has 4 rings (SSSR count). The number of nitro groups is 1. The lowest BCUT2D eigenvalue weighted by Crippen LogP contribution is -2.35. The van der Waals surface area contributed by atoms with E-state index in [0.29, 0.717) is 17.2 Å². The molecule has 1 heterocycles. The zero-order valence-corrected chi connectivity index (χ0v) is 17.4. The number of hydrogen-bond donors (Lipinski definition) is 1. The van der Waals surface area contributed by atoms with Gasteiger partial charge in [-0.25, -0.2) is 0 Å². The minimum atomic E-state index is -0.686. The van der Waals surface area contributed by atoms with Crippen LogP contribution in [0.3, 0.4) is 0 Å². The van der Waals surface area contributed by atoms with Gasteiger partial charge in [-0.3, -0.25) is 14.9 Å². The first kappa shape index (κ1) is 20.1. The molecule has 2 aromatic carbocycles. The SMILES string of the molecule is CC(C)CC1(c2ccc(-c3[nH]c(=O)c([N+](=O)[O-])cc3-c3ccccc3)cc2)CCC1. The van der Waals surface area contributed by atoms with Gasteiger partial charge in [-0.2, -0.15) is 0 Å². The third-order valence-corrected chi connectivity index (χ3v) is 6.20. The van der Waals surface area contributed by atoms with Crippen LogP contribution < -0.4 is 5.56 Å². The third-order valence-electron chi connectivity index (χ3n) is 6.20. The summed E-state index contributed by atoms with van der Waals surface area (Å²) in [4.78, 5) is 25.8. The summed E-state index contributed by atoms with van der Waals surface area (Å²) >= 11 is 0. The van der Waals surface area contributed by atoms with Crippen molar-refractivity contribution in [2.75, 3.05) is 0 Å².